The zero-order valence-electron chi connectivity index (χ0n) is 11.8. The summed E-state index contributed by atoms with van der Waals surface area (Å²) < 4.78 is 0. The topological polar surface area (TPSA) is 49.5 Å². The largest absolute Gasteiger partial charge is 0.508 e. The van der Waals surface area contributed by atoms with E-state index in [2.05, 4.69) is 31.7 Å². The molecule has 18 heavy (non-hydrogen) atoms. The fourth-order valence-electron chi connectivity index (χ4n) is 2.61. The molecule has 0 unspecified atom stereocenters. The number of aromatic hydroxyl groups is 1. The molecule has 0 saturated carbocycles. The third-order valence-corrected chi connectivity index (χ3v) is 4.03. The number of nitrogens with zero attached hydrogens (tertiary/aromatic N) is 1. The first-order valence-electron chi connectivity index (χ1n) is 6.84. The Kier molecular flexibility index (Phi) is 5.63. The van der Waals surface area contributed by atoms with Gasteiger partial charge in [0.05, 0.1) is 0 Å². The van der Waals surface area contributed by atoms with Gasteiger partial charge in [0, 0.05) is 18.6 Å². The number of likely N-dealkylation sites (N-methyl/N-ethyl adjacent to an activating group) is 1. The van der Waals surface area contributed by atoms with Crippen molar-refractivity contribution < 1.29 is 5.11 Å². The summed E-state index contributed by atoms with van der Waals surface area (Å²) in [5, 5.41) is 9.53. The Morgan fingerprint density at radius 2 is 1.89 bits per heavy atom. The predicted octanol–water partition coefficient (Wildman–Crippen LogP) is 2.73. The molecule has 3 N–H and O–H groups in total. The molecule has 0 radical (unpaired) electrons. The standard InChI is InChI=1S/C15H26N2O/c1-4-15(5-2,12-16)17(6-3)11-13-8-7-9-14(18)10-13/h7-10,18H,4-6,11-12,16H2,1-3H3. The molecule has 0 amide bonds. The van der Waals surface area contributed by atoms with Crippen LogP contribution >= 0.6 is 0 Å². The van der Waals surface area contributed by atoms with Gasteiger partial charge in [-0.3, -0.25) is 4.90 Å². The Hall–Kier alpha value is -1.06. The first kappa shape index (κ1) is 15.0. The van der Waals surface area contributed by atoms with Crippen molar-refractivity contribution in [1.82, 2.24) is 4.90 Å². The van der Waals surface area contributed by atoms with Gasteiger partial charge < -0.3 is 10.8 Å². The molecular weight excluding hydrogens is 224 g/mol. The molecule has 0 aromatic heterocycles. The van der Waals surface area contributed by atoms with Crippen LogP contribution in [0, 0.1) is 0 Å². The maximum absolute atomic E-state index is 9.53. The predicted molar refractivity (Wildman–Crippen MR) is 76.6 cm³/mol. The molecule has 0 fully saturated rings. The Bertz CT molecular complexity index is 353. The molecule has 1 aromatic carbocycles. The molecule has 3 nitrogen and oxygen atoms in total. The van der Waals surface area contributed by atoms with Gasteiger partial charge in [0.25, 0.3) is 0 Å². The van der Waals surface area contributed by atoms with Crippen molar-refractivity contribution in [2.75, 3.05) is 13.1 Å². The van der Waals surface area contributed by atoms with E-state index in [1.807, 2.05) is 12.1 Å². The zero-order chi connectivity index (χ0) is 13.6. The molecule has 0 aliphatic rings. The second-order valence-corrected chi connectivity index (χ2v) is 4.82. The van der Waals surface area contributed by atoms with Gasteiger partial charge >= 0.3 is 0 Å². The number of phenols is 1. The summed E-state index contributed by atoms with van der Waals surface area (Å²) in [5.41, 5.74) is 7.20. The van der Waals surface area contributed by atoms with Gasteiger partial charge in [-0.05, 0) is 37.1 Å². The second-order valence-electron chi connectivity index (χ2n) is 4.82. The summed E-state index contributed by atoms with van der Waals surface area (Å²) in [6.07, 6.45) is 2.10. The number of nitrogens with two attached hydrogens (primary N) is 1. The lowest BCUT2D eigenvalue weighted by Gasteiger charge is -2.42. The number of phenolic OH excluding ortho intramolecular Hbond substituents is 1. The highest BCUT2D eigenvalue weighted by Gasteiger charge is 2.30. The SMILES string of the molecule is CCN(Cc1cccc(O)c1)C(CC)(CC)CN. The Morgan fingerprint density at radius 1 is 1.22 bits per heavy atom. The minimum atomic E-state index is 0.0697. The summed E-state index contributed by atoms with van der Waals surface area (Å²) in [7, 11) is 0. The van der Waals surface area contributed by atoms with Gasteiger partial charge in [-0.2, -0.15) is 0 Å². The fraction of sp³-hybridized carbons (Fsp3) is 0.600. The van der Waals surface area contributed by atoms with Crippen LogP contribution in [-0.4, -0.2) is 28.6 Å². The van der Waals surface area contributed by atoms with Crippen molar-refractivity contribution in [3.8, 4) is 5.75 Å². The van der Waals surface area contributed by atoms with Crippen LogP contribution in [0.2, 0.25) is 0 Å². The van der Waals surface area contributed by atoms with E-state index in [1.54, 1.807) is 6.07 Å². The lowest BCUT2D eigenvalue weighted by molar-refractivity contribution is 0.0827. The van der Waals surface area contributed by atoms with Crippen LogP contribution in [0.4, 0.5) is 0 Å². The van der Waals surface area contributed by atoms with E-state index in [0.717, 1.165) is 31.5 Å². The Balaban J connectivity index is 2.90. The summed E-state index contributed by atoms with van der Waals surface area (Å²) in [5.74, 6) is 0.329. The molecule has 0 aliphatic carbocycles. The molecule has 1 rings (SSSR count). The third-order valence-electron chi connectivity index (χ3n) is 4.03. The monoisotopic (exact) mass is 250 g/mol. The van der Waals surface area contributed by atoms with Gasteiger partial charge in [-0.25, -0.2) is 0 Å². The average molecular weight is 250 g/mol. The van der Waals surface area contributed by atoms with Gasteiger partial charge in [-0.15, -0.1) is 0 Å². The third kappa shape index (κ3) is 3.24. The highest BCUT2D eigenvalue weighted by atomic mass is 16.3. The summed E-state index contributed by atoms with van der Waals surface area (Å²) in [4.78, 5) is 2.42. The van der Waals surface area contributed by atoms with Crippen molar-refractivity contribution >= 4 is 0 Å². The maximum Gasteiger partial charge on any atom is 0.115 e. The zero-order valence-corrected chi connectivity index (χ0v) is 11.8. The van der Waals surface area contributed by atoms with Gasteiger partial charge in [0.2, 0.25) is 0 Å². The fourth-order valence-corrected chi connectivity index (χ4v) is 2.61. The molecule has 0 saturated heterocycles. The van der Waals surface area contributed by atoms with Crippen molar-refractivity contribution in [3.05, 3.63) is 29.8 Å². The first-order chi connectivity index (χ1) is 8.61. The Morgan fingerprint density at radius 3 is 2.33 bits per heavy atom. The highest BCUT2D eigenvalue weighted by Crippen LogP contribution is 2.25. The molecule has 0 atom stereocenters. The van der Waals surface area contributed by atoms with E-state index in [9.17, 15) is 5.11 Å². The summed E-state index contributed by atoms with van der Waals surface area (Å²) in [6, 6.07) is 7.47. The van der Waals surface area contributed by atoms with E-state index < -0.39 is 0 Å². The van der Waals surface area contributed by atoms with E-state index in [0.29, 0.717) is 12.3 Å². The van der Waals surface area contributed by atoms with Crippen molar-refractivity contribution in [2.24, 2.45) is 5.73 Å². The van der Waals surface area contributed by atoms with Crippen LogP contribution < -0.4 is 5.73 Å². The molecule has 102 valence electrons. The second kappa shape index (κ2) is 6.76. The lowest BCUT2D eigenvalue weighted by atomic mass is 9.90. The normalized spacial score (nSPS) is 12.1. The molecule has 3 heteroatoms. The number of rotatable bonds is 7. The number of hydrogen-bond acceptors (Lipinski definition) is 3. The summed E-state index contributed by atoms with van der Waals surface area (Å²) >= 11 is 0. The number of hydrogen-bond donors (Lipinski definition) is 2. The first-order valence-corrected chi connectivity index (χ1v) is 6.84. The molecule has 0 aliphatic heterocycles. The molecule has 0 spiro atoms. The lowest BCUT2D eigenvalue weighted by Crippen LogP contribution is -2.52. The number of benzene rings is 1. The minimum Gasteiger partial charge on any atom is -0.508 e. The van der Waals surface area contributed by atoms with Crippen molar-refractivity contribution in [2.45, 2.75) is 45.7 Å². The van der Waals surface area contributed by atoms with Crippen LogP contribution in [0.15, 0.2) is 24.3 Å². The molecule has 0 heterocycles. The minimum absolute atomic E-state index is 0.0697. The van der Waals surface area contributed by atoms with E-state index in [4.69, 9.17) is 5.73 Å². The smallest absolute Gasteiger partial charge is 0.115 e. The van der Waals surface area contributed by atoms with Gasteiger partial charge in [0.15, 0.2) is 0 Å². The van der Waals surface area contributed by atoms with Crippen molar-refractivity contribution in [3.63, 3.8) is 0 Å². The van der Waals surface area contributed by atoms with Gasteiger partial charge in [-0.1, -0.05) is 32.9 Å². The highest BCUT2D eigenvalue weighted by molar-refractivity contribution is 5.27. The molecule has 1 aromatic rings. The molecule has 0 bridgehead atoms. The van der Waals surface area contributed by atoms with Crippen LogP contribution in [0.5, 0.6) is 5.75 Å². The molecular formula is C15H26N2O. The van der Waals surface area contributed by atoms with Crippen LogP contribution in [-0.2, 0) is 6.54 Å². The van der Waals surface area contributed by atoms with E-state index >= 15 is 0 Å². The van der Waals surface area contributed by atoms with Crippen LogP contribution in [0.25, 0.3) is 0 Å². The van der Waals surface area contributed by atoms with Crippen molar-refractivity contribution in [1.29, 1.82) is 0 Å². The van der Waals surface area contributed by atoms with E-state index in [1.165, 1.54) is 0 Å². The quantitative estimate of drug-likeness (QED) is 0.782. The average Bonchev–Trinajstić information content (AvgIpc) is 2.40. The summed E-state index contributed by atoms with van der Waals surface area (Å²) in [6.45, 7) is 9.03. The Labute approximate surface area is 111 Å². The van der Waals surface area contributed by atoms with Crippen LogP contribution in [0.1, 0.15) is 39.2 Å². The van der Waals surface area contributed by atoms with Gasteiger partial charge in [0.1, 0.15) is 5.75 Å². The maximum atomic E-state index is 9.53. The van der Waals surface area contributed by atoms with Crippen LogP contribution in [0.3, 0.4) is 0 Å². The van der Waals surface area contributed by atoms with E-state index in [-0.39, 0.29) is 5.54 Å².